The van der Waals surface area contributed by atoms with E-state index in [0.29, 0.717) is 12.6 Å². The van der Waals surface area contributed by atoms with Crippen LogP contribution in [-0.4, -0.2) is 81.8 Å². The van der Waals surface area contributed by atoms with Crippen LogP contribution in [-0.2, 0) is 6.54 Å². The summed E-state index contributed by atoms with van der Waals surface area (Å²) in [4.78, 5) is 9.40. The van der Waals surface area contributed by atoms with Gasteiger partial charge in [-0.1, -0.05) is 19.1 Å². The van der Waals surface area contributed by atoms with E-state index in [9.17, 15) is 0 Å². The number of halogens is 1. The lowest BCUT2D eigenvalue weighted by atomic mass is 10.1. The fourth-order valence-electron chi connectivity index (χ4n) is 4.23. The molecule has 1 heterocycles. The van der Waals surface area contributed by atoms with E-state index in [-0.39, 0.29) is 24.0 Å². The van der Waals surface area contributed by atoms with Crippen molar-refractivity contribution in [3.05, 3.63) is 23.8 Å². The standard InChI is InChI=1S/C23H39N5O2.HI/c1-4-27-14-16-28(17-15-27)13-12-25-23(24-2)26-18-19-8-7-11-21(29-3)22(19)30-20-9-5-6-10-20;/h7-8,11,20H,4-6,9-10,12-18H2,1-3H3,(H2,24,25,26);1H. The molecule has 7 nitrogen and oxygen atoms in total. The Morgan fingerprint density at radius 3 is 2.45 bits per heavy atom. The van der Waals surface area contributed by atoms with Crippen molar-refractivity contribution in [2.24, 2.45) is 4.99 Å². The number of hydrogen-bond acceptors (Lipinski definition) is 5. The minimum Gasteiger partial charge on any atom is -0.493 e. The van der Waals surface area contributed by atoms with Crippen molar-refractivity contribution in [3.63, 3.8) is 0 Å². The van der Waals surface area contributed by atoms with Gasteiger partial charge in [0.05, 0.1) is 13.2 Å². The number of nitrogens with one attached hydrogen (secondary N) is 2. The van der Waals surface area contributed by atoms with Gasteiger partial charge in [0.15, 0.2) is 17.5 Å². The largest absolute Gasteiger partial charge is 0.493 e. The molecular formula is C23H40IN5O2. The van der Waals surface area contributed by atoms with Gasteiger partial charge in [0.1, 0.15) is 0 Å². The third kappa shape index (κ3) is 7.98. The molecular weight excluding hydrogens is 505 g/mol. The number of nitrogens with zero attached hydrogens (tertiary/aromatic N) is 3. The smallest absolute Gasteiger partial charge is 0.191 e. The van der Waals surface area contributed by atoms with Crippen LogP contribution in [0.3, 0.4) is 0 Å². The van der Waals surface area contributed by atoms with Gasteiger partial charge >= 0.3 is 0 Å². The summed E-state index contributed by atoms with van der Waals surface area (Å²) in [5.41, 5.74) is 1.10. The highest BCUT2D eigenvalue weighted by atomic mass is 127. The molecule has 1 aromatic carbocycles. The average molecular weight is 546 g/mol. The molecule has 0 amide bonds. The van der Waals surface area contributed by atoms with Crippen molar-refractivity contribution in [2.75, 3.05) is 60.0 Å². The third-order valence-corrected chi connectivity index (χ3v) is 6.17. The molecule has 8 heteroatoms. The summed E-state index contributed by atoms with van der Waals surface area (Å²) in [5, 5.41) is 6.88. The number of rotatable bonds is 9. The maximum absolute atomic E-state index is 6.34. The van der Waals surface area contributed by atoms with Gasteiger partial charge in [-0.05, 0) is 38.3 Å². The molecule has 0 bridgehead atoms. The average Bonchev–Trinajstić information content (AvgIpc) is 3.30. The van der Waals surface area contributed by atoms with Crippen LogP contribution in [0.15, 0.2) is 23.2 Å². The fourth-order valence-corrected chi connectivity index (χ4v) is 4.23. The highest BCUT2D eigenvalue weighted by molar-refractivity contribution is 14.0. The molecule has 3 rings (SSSR count). The van der Waals surface area contributed by atoms with Crippen LogP contribution in [0.25, 0.3) is 0 Å². The minimum absolute atomic E-state index is 0. The van der Waals surface area contributed by atoms with E-state index in [1.807, 2.05) is 19.2 Å². The number of hydrogen-bond donors (Lipinski definition) is 2. The molecule has 0 radical (unpaired) electrons. The minimum atomic E-state index is 0. The molecule has 31 heavy (non-hydrogen) atoms. The van der Waals surface area contributed by atoms with Crippen molar-refractivity contribution in [1.29, 1.82) is 0 Å². The number of para-hydroxylation sites is 1. The Balaban J connectivity index is 0.00000341. The van der Waals surface area contributed by atoms with Gasteiger partial charge in [0.25, 0.3) is 0 Å². The second-order valence-corrected chi connectivity index (χ2v) is 8.10. The number of ether oxygens (including phenoxy) is 2. The molecule has 1 aliphatic heterocycles. The van der Waals surface area contributed by atoms with E-state index in [1.54, 1.807) is 7.11 Å². The summed E-state index contributed by atoms with van der Waals surface area (Å²) in [6.07, 6.45) is 5.04. The van der Waals surface area contributed by atoms with Crippen LogP contribution in [0, 0.1) is 0 Å². The summed E-state index contributed by atoms with van der Waals surface area (Å²) in [6, 6.07) is 6.09. The van der Waals surface area contributed by atoms with Gasteiger partial charge in [0.2, 0.25) is 0 Å². The molecule has 0 spiro atoms. The molecule has 1 aromatic rings. The van der Waals surface area contributed by atoms with E-state index < -0.39 is 0 Å². The highest BCUT2D eigenvalue weighted by Crippen LogP contribution is 2.34. The normalized spacial score (nSPS) is 18.5. The van der Waals surface area contributed by atoms with Crippen LogP contribution in [0.2, 0.25) is 0 Å². The van der Waals surface area contributed by atoms with Crippen LogP contribution in [0.5, 0.6) is 11.5 Å². The predicted octanol–water partition coefficient (Wildman–Crippen LogP) is 2.94. The maximum atomic E-state index is 6.34. The van der Waals surface area contributed by atoms with Crippen LogP contribution in [0.1, 0.15) is 38.2 Å². The lowest BCUT2D eigenvalue weighted by Crippen LogP contribution is -2.49. The lowest BCUT2D eigenvalue weighted by Gasteiger charge is -2.34. The van der Waals surface area contributed by atoms with E-state index in [2.05, 4.69) is 38.4 Å². The lowest BCUT2D eigenvalue weighted by molar-refractivity contribution is 0.139. The Morgan fingerprint density at radius 1 is 1.10 bits per heavy atom. The summed E-state index contributed by atoms with van der Waals surface area (Å²) in [6.45, 7) is 10.6. The summed E-state index contributed by atoms with van der Waals surface area (Å²) in [7, 11) is 3.52. The van der Waals surface area contributed by atoms with Gasteiger partial charge < -0.3 is 25.0 Å². The topological polar surface area (TPSA) is 61.4 Å². The Labute approximate surface area is 205 Å². The number of benzene rings is 1. The van der Waals surface area contributed by atoms with E-state index in [1.165, 1.54) is 25.9 Å². The van der Waals surface area contributed by atoms with Crippen LogP contribution < -0.4 is 20.1 Å². The second kappa shape index (κ2) is 14.0. The van der Waals surface area contributed by atoms with E-state index in [4.69, 9.17) is 9.47 Å². The molecule has 2 N–H and O–H groups in total. The van der Waals surface area contributed by atoms with Crippen molar-refractivity contribution in [2.45, 2.75) is 45.3 Å². The van der Waals surface area contributed by atoms with E-state index in [0.717, 1.165) is 68.6 Å². The number of methoxy groups -OCH3 is 1. The van der Waals surface area contributed by atoms with Gasteiger partial charge in [0, 0.05) is 58.4 Å². The summed E-state index contributed by atoms with van der Waals surface area (Å²) < 4.78 is 11.9. The zero-order valence-corrected chi connectivity index (χ0v) is 21.7. The number of aliphatic imine (C=N–C) groups is 1. The first-order valence-electron chi connectivity index (χ1n) is 11.4. The molecule has 0 atom stereocenters. The van der Waals surface area contributed by atoms with Crippen molar-refractivity contribution in [1.82, 2.24) is 20.4 Å². The quantitative estimate of drug-likeness (QED) is 0.283. The SMILES string of the molecule is CCN1CCN(CCNC(=NC)NCc2cccc(OC)c2OC2CCCC2)CC1.I. The van der Waals surface area contributed by atoms with Crippen molar-refractivity contribution >= 4 is 29.9 Å². The van der Waals surface area contributed by atoms with Gasteiger partial charge in [-0.2, -0.15) is 0 Å². The fraction of sp³-hybridized carbons (Fsp3) is 0.696. The monoisotopic (exact) mass is 545 g/mol. The summed E-state index contributed by atoms with van der Waals surface area (Å²) in [5.74, 6) is 2.48. The Morgan fingerprint density at radius 2 is 1.81 bits per heavy atom. The van der Waals surface area contributed by atoms with Crippen LogP contribution in [0.4, 0.5) is 0 Å². The molecule has 1 saturated carbocycles. The zero-order chi connectivity index (χ0) is 21.2. The van der Waals surface area contributed by atoms with Gasteiger partial charge in [-0.15, -0.1) is 24.0 Å². The van der Waals surface area contributed by atoms with Crippen molar-refractivity contribution < 1.29 is 9.47 Å². The number of guanidine groups is 1. The Hall–Kier alpha value is -1.26. The highest BCUT2D eigenvalue weighted by Gasteiger charge is 2.20. The zero-order valence-electron chi connectivity index (χ0n) is 19.4. The van der Waals surface area contributed by atoms with Gasteiger partial charge in [-0.25, -0.2) is 0 Å². The molecule has 1 saturated heterocycles. The first-order valence-corrected chi connectivity index (χ1v) is 11.4. The number of likely N-dealkylation sites (N-methyl/N-ethyl adjacent to an activating group) is 1. The first kappa shape index (κ1) is 26.0. The molecule has 0 unspecified atom stereocenters. The predicted molar refractivity (Wildman–Crippen MR) is 138 cm³/mol. The van der Waals surface area contributed by atoms with Crippen LogP contribution >= 0.6 is 24.0 Å². The first-order chi connectivity index (χ1) is 14.7. The molecule has 2 aliphatic rings. The van der Waals surface area contributed by atoms with Crippen molar-refractivity contribution in [3.8, 4) is 11.5 Å². The maximum Gasteiger partial charge on any atom is 0.191 e. The molecule has 1 aliphatic carbocycles. The van der Waals surface area contributed by atoms with Gasteiger partial charge in [-0.3, -0.25) is 9.89 Å². The summed E-state index contributed by atoms with van der Waals surface area (Å²) >= 11 is 0. The van der Waals surface area contributed by atoms with E-state index >= 15 is 0 Å². The second-order valence-electron chi connectivity index (χ2n) is 8.10. The third-order valence-electron chi connectivity index (χ3n) is 6.17. The Bertz CT molecular complexity index is 674. The molecule has 2 fully saturated rings. The Kier molecular flexibility index (Phi) is 11.7. The molecule has 0 aromatic heterocycles. The number of piperazine rings is 1. The molecule has 176 valence electrons.